The van der Waals surface area contributed by atoms with Gasteiger partial charge in [-0.1, -0.05) is 29.5 Å². The van der Waals surface area contributed by atoms with Gasteiger partial charge < -0.3 is 10.4 Å². The normalized spacial score (nSPS) is 18.6. The van der Waals surface area contributed by atoms with Crippen LogP contribution in [0.5, 0.6) is 5.75 Å². The van der Waals surface area contributed by atoms with E-state index in [1.807, 2.05) is 0 Å². The van der Waals surface area contributed by atoms with E-state index in [1.54, 1.807) is 25.1 Å². The Balaban J connectivity index is 1.81. The number of phenols is 1. The molecule has 4 rings (SSSR count). The number of alkyl halides is 1. The van der Waals surface area contributed by atoms with E-state index in [2.05, 4.69) is 20.5 Å². The number of hydrogen-bond donors (Lipinski definition) is 3. The average Bonchev–Trinajstić information content (AvgIpc) is 3.21. The van der Waals surface area contributed by atoms with Crippen LogP contribution >= 0.6 is 35.2 Å². The third-order valence-corrected chi connectivity index (χ3v) is 6.16. The first-order valence-corrected chi connectivity index (χ1v) is 10.1. The van der Waals surface area contributed by atoms with E-state index >= 15 is 0 Å². The van der Waals surface area contributed by atoms with Crippen molar-refractivity contribution in [2.24, 2.45) is 0 Å². The van der Waals surface area contributed by atoms with Crippen molar-refractivity contribution < 1.29 is 14.7 Å². The summed E-state index contributed by atoms with van der Waals surface area (Å²) in [5.74, 6) is -0.229. The number of H-pyrrole nitrogens is 1. The summed E-state index contributed by atoms with van der Waals surface area (Å²) in [7, 11) is 0. The van der Waals surface area contributed by atoms with Crippen molar-refractivity contribution in [1.82, 2.24) is 19.9 Å². The molecule has 2 aromatic heterocycles. The Morgan fingerprint density at radius 3 is 2.83 bits per heavy atom. The topological polar surface area (TPSA) is 116 Å². The first kappa shape index (κ1) is 19.6. The Morgan fingerprint density at radius 2 is 2.14 bits per heavy atom. The lowest BCUT2D eigenvalue weighted by molar-refractivity contribution is -0.126. The Hall–Kier alpha value is -2.76. The van der Waals surface area contributed by atoms with Crippen molar-refractivity contribution in [1.29, 1.82) is 0 Å². The molecule has 0 spiro atoms. The van der Waals surface area contributed by atoms with Crippen LogP contribution in [0.2, 0.25) is 0 Å². The van der Waals surface area contributed by atoms with Crippen molar-refractivity contribution in [2.75, 3.05) is 10.3 Å². The molecule has 29 heavy (non-hydrogen) atoms. The van der Waals surface area contributed by atoms with Gasteiger partial charge in [-0.25, -0.2) is 19.8 Å². The van der Waals surface area contributed by atoms with Crippen molar-refractivity contribution in [3.63, 3.8) is 0 Å². The number of anilines is 1. The molecule has 1 fully saturated rings. The van der Waals surface area contributed by atoms with E-state index in [0.717, 1.165) is 0 Å². The quantitative estimate of drug-likeness (QED) is 0.320. The minimum atomic E-state index is -0.856. The highest BCUT2D eigenvalue weighted by Crippen LogP contribution is 2.42. The molecule has 2 amide bonds. The lowest BCUT2D eigenvalue weighted by Gasteiger charge is -2.44. The van der Waals surface area contributed by atoms with Crippen molar-refractivity contribution in [3.8, 4) is 16.5 Å². The van der Waals surface area contributed by atoms with Gasteiger partial charge in [-0.3, -0.25) is 9.59 Å². The molecular formula is C17H15ClN6O3S2. The Bertz CT molecular complexity index is 1190. The number of para-hydroxylation sites is 1. The van der Waals surface area contributed by atoms with E-state index in [1.165, 1.54) is 34.0 Å². The molecule has 2 unspecified atom stereocenters. The minimum absolute atomic E-state index is 0.0270. The van der Waals surface area contributed by atoms with Gasteiger partial charge in [0.15, 0.2) is 11.0 Å². The lowest BCUT2D eigenvalue weighted by Crippen LogP contribution is -2.62. The first-order valence-electron chi connectivity index (χ1n) is 8.47. The lowest BCUT2D eigenvalue weighted by atomic mass is 9.94. The Kier molecular flexibility index (Phi) is 4.89. The van der Waals surface area contributed by atoms with Crippen molar-refractivity contribution >= 4 is 52.1 Å². The number of β-lactam (4-membered cyclic amide) rings is 1. The number of hydrogen-bond acceptors (Lipinski definition) is 7. The summed E-state index contributed by atoms with van der Waals surface area (Å²) in [5.41, 5.74) is 1.12. The molecule has 3 aromatic rings. The van der Waals surface area contributed by atoms with Gasteiger partial charge in [0, 0.05) is 12.5 Å². The third-order valence-electron chi connectivity index (χ3n) is 4.41. The zero-order valence-corrected chi connectivity index (χ0v) is 17.6. The number of phenolic OH excluding ortho intramolecular Hbond substituents is 1. The fourth-order valence-electron chi connectivity index (χ4n) is 3.14. The standard InChI is InChI=1S/C17H15ClN6O3S2/c1-7-13(29-16(19-7)20-8(2)25)14-21-22-17(28)24(14)23-12(11(18)15(23)27)9-5-3-4-6-10(9)26/h3-6,11-12,26H,1-2H3,(H,22,28)(H,19,20,25). The van der Waals surface area contributed by atoms with E-state index in [0.29, 0.717) is 27.1 Å². The number of halogens is 1. The van der Waals surface area contributed by atoms with Gasteiger partial charge in [-0.2, -0.15) is 5.10 Å². The monoisotopic (exact) mass is 450 g/mol. The summed E-state index contributed by atoms with van der Waals surface area (Å²) >= 11 is 12.9. The van der Waals surface area contributed by atoms with Gasteiger partial charge in [0.1, 0.15) is 17.2 Å². The molecule has 3 N–H and O–H groups in total. The van der Waals surface area contributed by atoms with Crippen molar-refractivity contribution in [3.05, 3.63) is 40.3 Å². The molecule has 0 bridgehead atoms. The maximum Gasteiger partial charge on any atom is 0.262 e. The maximum absolute atomic E-state index is 12.7. The second-order valence-electron chi connectivity index (χ2n) is 6.37. The summed E-state index contributed by atoms with van der Waals surface area (Å²) in [4.78, 5) is 28.9. The molecule has 1 aromatic carbocycles. The van der Waals surface area contributed by atoms with Crippen LogP contribution in [0.15, 0.2) is 24.3 Å². The molecule has 2 atom stereocenters. The van der Waals surface area contributed by atoms with Crippen LogP contribution in [-0.4, -0.2) is 42.2 Å². The molecule has 0 radical (unpaired) electrons. The second-order valence-corrected chi connectivity index (χ2v) is 8.22. The first-order chi connectivity index (χ1) is 13.8. The predicted molar refractivity (Wildman–Crippen MR) is 111 cm³/mol. The summed E-state index contributed by atoms with van der Waals surface area (Å²) in [6.45, 7) is 3.16. The van der Waals surface area contributed by atoms with Gasteiger partial charge in [0.05, 0.1) is 10.6 Å². The zero-order valence-electron chi connectivity index (χ0n) is 15.2. The molecule has 9 nitrogen and oxygen atoms in total. The van der Waals surface area contributed by atoms with E-state index < -0.39 is 11.4 Å². The molecule has 12 heteroatoms. The predicted octanol–water partition coefficient (Wildman–Crippen LogP) is 2.86. The second kappa shape index (κ2) is 7.25. The van der Waals surface area contributed by atoms with E-state index in [9.17, 15) is 14.7 Å². The van der Waals surface area contributed by atoms with Gasteiger partial charge in [-0.15, -0.1) is 11.6 Å². The largest absolute Gasteiger partial charge is 0.508 e. The maximum atomic E-state index is 12.7. The van der Waals surface area contributed by atoms with Gasteiger partial charge in [-0.05, 0) is 25.2 Å². The summed E-state index contributed by atoms with van der Waals surface area (Å²) < 4.78 is 1.64. The molecule has 0 saturated carbocycles. The molecule has 1 saturated heterocycles. The number of aryl methyl sites for hydroxylation is 1. The summed E-state index contributed by atoms with van der Waals surface area (Å²) in [6.07, 6.45) is 0. The number of carbonyl (C=O) groups excluding carboxylic acids is 2. The van der Waals surface area contributed by atoms with Crippen LogP contribution in [0.3, 0.4) is 0 Å². The highest BCUT2D eigenvalue weighted by atomic mass is 35.5. The molecule has 1 aliphatic rings. The fourth-order valence-corrected chi connectivity index (χ4v) is 4.69. The molecule has 150 valence electrons. The Morgan fingerprint density at radius 1 is 1.41 bits per heavy atom. The van der Waals surface area contributed by atoms with Crippen LogP contribution in [0.1, 0.15) is 24.2 Å². The third kappa shape index (κ3) is 3.20. The van der Waals surface area contributed by atoms with Crippen LogP contribution in [0.25, 0.3) is 10.7 Å². The number of aromatic amines is 1. The summed E-state index contributed by atoms with van der Waals surface area (Å²) in [5, 5.41) is 20.8. The number of thiazole rings is 1. The number of rotatable bonds is 4. The van der Waals surface area contributed by atoms with Crippen molar-refractivity contribution in [2.45, 2.75) is 25.3 Å². The molecule has 0 aliphatic carbocycles. The summed E-state index contributed by atoms with van der Waals surface area (Å²) in [6, 6.07) is 6.04. The van der Waals surface area contributed by atoms with Gasteiger partial charge >= 0.3 is 0 Å². The highest BCUT2D eigenvalue weighted by molar-refractivity contribution is 7.71. The number of aromatic nitrogens is 4. The SMILES string of the molecule is CC(=O)Nc1nc(C)c(-c2n[nH]c(=S)n2N2C(=O)C(Cl)C2c2ccccc2O)s1. The van der Waals surface area contributed by atoms with Crippen LogP contribution < -0.4 is 10.3 Å². The van der Waals surface area contributed by atoms with E-state index in [-0.39, 0.29) is 22.3 Å². The molecule has 1 aliphatic heterocycles. The number of nitrogens with zero attached hydrogens (tertiary/aromatic N) is 4. The Labute approximate surface area is 178 Å². The van der Waals surface area contributed by atoms with Crippen LogP contribution in [0, 0.1) is 11.7 Å². The molecular weight excluding hydrogens is 436 g/mol. The number of aromatic hydroxyl groups is 1. The smallest absolute Gasteiger partial charge is 0.262 e. The fraction of sp³-hybridized carbons (Fsp3) is 0.235. The highest BCUT2D eigenvalue weighted by Gasteiger charge is 2.50. The van der Waals surface area contributed by atoms with Crippen LogP contribution in [-0.2, 0) is 9.59 Å². The molecule has 3 heterocycles. The van der Waals surface area contributed by atoms with Gasteiger partial charge in [0.25, 0.3) is 5.91 Å². The number of amides is 2. The van der Waals surface area contributed by atoms with Gasteiger partial charge in [0.2, 0.25) is 10.7 Å². The number of benzene rings is 1. The minimum Gasteiger partial charge on any atom is -0.508 e. The average molecular weight is 451 g/mol. The number of carbonyl (C=O) groups is 2. The van der Waals surface area contributed by atoms with Crippen LogP contribution in [0.4, 0.5) is 5.13 Å². The number of nitrogens with one attached hydrogen (secondary N) is 2. The zero-order chi connectivity index (χ0) is 20.9. The van der Waals surface area contributed by atoms with E-state index in [4.69, 9.17) is 23.8 Å².